The first-order valence-corrected chi connectivity index (χ1v) is 20.8. The molecule has 0 fully saturated rings. The Bertz CT molecular complexity index is 314. The first kappa shape index (κ1) is 29.7. The summed E-state index contributed by atoms with van der Waals surface area (Å²) in [5.41, 5.74) is 0. The molecule has 0 amide bonds. The van der Waals surface area contributed by atoms with Gasteiger partial charge >= 0.3 is 17.1 Å². The van der Waals surface area contributed by atoms with Crippen molar-refractivity contribution in [3.8, 4) is 0 Å². The molecule has 0 aliphatic heterocycles. The van der Waals surface area contributed by atoms with Crippen LogP contribution in [0, 0.1) is 0 Å². The third kappa shape index (κ3) is 16.4. The number of hydrogen-bond donors (Lipinski definition) is 0. The Morgan fingerprint density at radius 2 is 0.857 bits per heavy atom. The molecule has 0 aromatic rings. The Morgan fingerprint density at radius 3 is 1.14 bits per heavy atom. The van der Waals surface area contributed by atoms with Crippen LogP contribution in [0.5, 0.6) is 0 Å². The second-order valence-corrected chi connectivity index (χ2v) is 19.6. The molecular weight excluding hydrogens is 465 g/mol. The van der Waals surface area contributed by atoms with Crippen molar-refractivity contribution in [2.45, 2.75) is 78.6 Å². The monoisotopic (exact) mass is 506 g/mol. The largest absolute Gasteiger partial charge is 0.395 e. The van der Waals surface area contributed by atoms with Gasteiger partial charge in [0, 0.05) is 37.9 Å². The molecule has 0 rings (SSSR count). The van der Waals surface area contributed by atoms with Crippen molar-refractivity contribution in [2.75, 3.05) is 37.9 Å². The zero-order chi connectivity index (χ0) is 21.1. The van der Waals surface area contributed by atoms with Gasteiger partial charge in [0.25, 0.3) is 0 Å². The minimum Gasteiger partial charge on any atom is -0.395 e. The van der Waals surface area contributed by atoms with Crippen molar-refractivity contribution in [1.82, 2.24) is 0 Å². The second-order valence-electron chi connectivity index (χ2n) is 6.69. The Hall–Kier alpha value is 1.67. The van der Waals surface area contributed by atoms with Gasteiger partial charge in [0.05, 0.1) is 0 Å². The molecule has 170 valence electrons. The molecule has 10 heteroatoms. The lowest BCUT2D eigenvalue weighted by atomic mass is 10.4. The van der Waals surface area contributed by atoms with E-state index in [0.29, 0.717) is 0 Å². The molecule has 0 heterocycles. The highest BCUT2D eigenvalue weighted by atomic mass is 33.7. The molecule has 0 spiro atoms. The molecule has 28 heavy (non-hydrogen) atoms. The Kier molecular flexibility index (Phi) is 20.5. The lowest BCUT2D eigenvalue weighted by molar-refractivity contribution is 0.187. The predicted octanol–water partition coefficient (Wildman–Crippen LogP) is 7.51. The molecule has 0 aliphatic carbocycles. The SMILES string of the molecule is CCO[Si](C)(CCCCSSSSCCCC[Si](C)(OCC)OCC)OCC. The van der Waals surface area contributed by atoms with Crippen LogP contribution < -0.4 is 0 Å². The van der Waals surface area contributed by atoms with Crippen LogP contribution in [0.2, 0.25) is 25.2 Å². The van der Waals surface area contributed by atoms with Crippen LogP contribution in [0.1, 0.15) is 53.4 Å². The molecule has 0 saturated heterocycles. The summed E-state index contributed by atoms with van der Waals surface area (Å²) >= 11 is 0. The molecule has 0 bridgehead atoms. The van der Waals surface area contributed by atoms with Crippen molar-refractivity contribution in [3.05, 3.63) is 0 Å². The highest BCUT2D eigenvalue weighted by molar-refractivity contribution is 9.26. The van der Waals surface area contributed by atoms with Gasteiger partial charge in [-0.3, -0.25) is 0 Å². The molecule has 0 aromatic heterocycles. The number of hydrogen-bond acceptors (Lipinski definition) is 8. The smallest absolute Gasteiger partial charge is 0.334 e. The van der Waals surface area contributed by atoms with E-state index in [1.54, 1.807) is 0 Å². The van der Waals surface area contributed by atoms with Crippen LogP contribution in [-0.4, -0.2) is 55.1 Å². The molecule has 0 radical (unpaired) electrons. The Morgan fingerprint density at radius 1 is 0.536 bits per heavy atom. The molecule has 0 unspecified atom stereocenters. The van der Waals surface area contributed by atoms with Crippen molar-refractivity contribution < 1.29 is 17.7 Å². The maximum Gasteiger partial charge on any atom is 0.334 e. The highest BCUT2D eigenvalue weighted by Crippen LogP contribution is 2.43. The maximum absolute atomic E-state index is 5.89. The molecule has 0 atom stereocenters. The van der Waals surface area contributed by atoms with E-state index in [1.165, 1.54) is 37.2 Å². The van der Waals surface area contributed by atoms with E-state index in [-0.39, 0.29) is 0 Å². The van der Waals surface area contributed by atoms with Crippen molar-refractivity contribution in [1.29, 1.82) is 0 Å². The van der Waals surface area contributed by atoms with E-state index < -0.39 is 17.1 Å². The molecule has 0 N–H and O–H groups in total. The lowest BCUT2D eigenvalue weighted by Gasteiger charge is -2.25. The topological polar surface area (TPSA) is 36.9 Å². The fourth-order valence-corrected chi connectivity index (χ4v) is 14.1. The summed E-state index contributed by atoms with van der Waals surface area (Å²) in [6.07, 6.45) is 4.89. The number of rotatable bonds is 21. The van der Waals surface area contributed by atoms with E-state index in [4.69, 9.17) is 17.7 Å². The van der Waals surface area contributed by atoms with Gasteiger partial charge < -0.3 is 17.7 Å². The minimum atomic E-state index is -1.91. The summed E-state index contributed by atoms with van der Waals surface area (Å²) in [5, 5.41) is 0. The first-order valence-electron chi connectivity index (χ1n) is 10.6. The zero-order valence-electron chi connectivity index (χ0n) is 18.8. The van der Waals surface area contributed by atoms with E-state index in [9.17, 15) is 0 Å². The van der Waals surface area contributed by atoms with Crippen LogP contribution in [-0.2, 0) is 17.7 Å². The third-order valence-corrected chi connectivity index (χ3v) is 16.9. The van der Waals surface area contributed by atoms with E-state index in [2.05, 4.69) is 40.8 Å². The fraction of sp³-hybridized carbons (Fsp3) is 1.00. The van der Waals surface area contributed by atoms with Crippen LogP contribution in [0.4, 0.5) is 0 Å². The average Bonchev–Trinajstić information content (AvgIpc) is 2.63. The van der Waals surface area contributed by atoms with Gasteiger partial charge in [-0.1, -0.05) is 34.4 Å². The van der Waals surface area contributed by atoms with E-state index in [1.807, 2.05) is 41.2 Å². The summed E-state index contributed by atoms with van der Waals surface area (Å²) in [6.45, 7) is 15.7. The molecular formula is C18H42O4S4Si2. The van der Waals surface area contributed by atoms with Crippen LogP contribution in [0.3, 0.4) is 0 Å². The van der Waals surface area contributed by atoms with Gasteiger partial charge in [-0.2, -0.15) is 0 Å². The summed E-state index contributed by atoms with van der Waals surface area (Å²) < 4.78 is 23.6. The van der Waals surface area contributed by atoms with E-state index in [0.717, 1.165) is 38.5 Å². The normalized spacial score (nSPS) is 12.6. The first-order chi connectivity index (χ1) is 13.4. The van der Waals surface area contributed by atoms with Crippen LogP contribution >= 0.6 is 41.2 Å². The third-order valence-electron chi connectivity index (χ3n) is 4.14. The summed E-state index contributed by atoms with van der Waals surface area (Å²) in [6, 6.07) is 2.21. The van der Waals surface area contributed by atoms with Gasteiger partial charge in [-0.25, -0.2) is 0 Å². The molecule has 0 aliphatic rings. The van der Waals surface area contributed by atoms with Crippen LogP contribution in [0.25, 0.3) is 0 Å². The predicted molar refractivity (Wildman–Crippen MR) is 138 cm³/mol. The summed E-state index contributed by atoms with van der Waals surface area (Å²) in [5.74, 6) is 2.40. The lowest BCUT2D eigenvalue weighted by Crippen LogP contribution is -2.38. The quantitative estimate of drug-likeness (QED) is 0.0898. The minimum absolute atomic E-state index is 0.764. The number of unbranched alkanes of at least 4 members (excludes halogenated alkanes) is 2. The van der Waals surface area contributed by atoms with Gasteiger partial charge in [-0.15, -0.1) is 0 Å². The fourth-order valence-electron chi connectivity index (χ4n) is 2.91. The summed E-state index contributed by atoms with van der Waals surface area (Å²) in [4.78, 5) is 0. The van der Waals surface area contributed by atoms with Crippen molar-refractivity contribution >= 4 is 58.4 Å². The van der Waals surface area contributed by atoms with Gasteiger partial charge in [0.15, 0.2) is 0 Å². The van der Waals surface area contributed by atoms with Gasteiger partial charge in [0.2, 0.25) is 0 Å². The standard InChI is InChI=1S/C18H42O4S4Si2/c1-7-19-27(5,20-8-2)17-13-11-15-23-25-26-24-16-12-14-18-28(6,21-9-3)22-10-4/h7-18H2,1-6H3. The Labute approximate surface area is 191 Å². The van der Waals surface area contributed by atoms with Crippen LogP contribution in [0.15, 0.2) is 0 Å². The zero-order valence-corrected chi connectivity index (χ0v) is 24.0. The highest BCUT2D eigenvalue weighted by Gasteiger charge is 2.30. The second kappa shape index (κ2) is 19.4. The van der Waals surface area contributed by atoms with E-state index >= 15 is 0 Å². The van der Waals surface area contributed by atoms with Gasteiger partial charge in [0.1, 0.15) is 0 Å². The van der Waals surface area contributed by atoms with Crippen molar-refractivity contribution in [3.63, 3.8) is 0 Å². The van der Waals surface area contributed by atoms with Crippen molar-refractivity contribution in [2.24, 2.45) is 0 Å². The molecule has 0 aromatic carbocycles. The Balaban J connectivity index is 3.55. The molecule has 4 nitrogen and oxygen atoms in total. The maximum atomic E-state index is 5.89. The average molecular weight is 507 g/mol. The summed E-state index contributed by atoms with van der Waals surface area (Å²) in [7, 11) is 3.96. The molecule has 0 saturated carbocycles. The van der Waals surface area contributed by atoms with Gasteiger partial charge in [-0.05, 0) is 85.4 Å².